The molecule has 14 heavy (non-hydrogen) atoms. The normalized spacial score (nSPS) is 10.2. The summed E-state index contributed by atoms with van der Waals surface area (Å²) in [6, 6.07) is 0. The molecule has 0 aliphatic heterocycles. The molecule has 0 aliphatic rings. The molecule has 0 bridgehead atoms. The summed E-state index contributed by atoms with van der Waals surface area (Å²) in [5, 5.41) is 17.1. The number of aromatic hydroxyl groups is 1. The fraction of sp³-hybridized carbons (Fsp3) is 0. The van der Waals surface area contributed by atoms with Gasteiger partial charge in [0.2, 0.25) is 5.82 Å². The van der Waals surface area contributed by atoms with Crippen LogP contribution >= 0.6 is 0 Å². The Balaban J connectivity index is 3.68. The summed E-state index contributed by atoms with van der Waals surface area (Å²) >= 11 is 0. The van der Waals surface area contributed by atoms with Crippen molar-refractivity contribution in [2.45, 2.75) is 0 Å². The van der Waals surface area contributed by atoms with Gasteiger partial charge in [0.05, 0.1) is 5.69 Å². The van der Waals surface area contributed by atoms with E-state index in [-0.39, 0.29) is 0 Å². The Bertz CT molecular complexity index is 390. The molecular formula is C7H4F3NO3. The molecule has 76 valence electrons. The number of carboxylic acids is 1. The van der Waals surface area contributed by atoms with Crippen LogP contribution in [-0.4, -0.2) is 16.2 Å². The number of phenolic OH excluding ortho intramolecular Hbond substituents is 1. The van der Waals surface area contributed by atoms with Crippen LogP contribution in [0.25, 0.3) is 0 Å². The second-order valence-electron chi connectivity index (χ2n) is 2.38. The number of rotatable bonds is 1. The zero-order valence-electron chi connectivity index (χ0n) is 6.51. The van der Waals surface area contributed by atoms with Crippen LogP contribution in [0.3, 0.4) is 0 Å². The van der Waals surface area contributed by atoms with E-state index in [9.17, 15) is 18.0 Å². The Labute approximate surface area is 75.4 Å². The van der Waals surface area contributed by atoms with Gasteiger partial charge in [-0.1, -0.05) is 0 Å². The average molecular weight is 207 g/mol. The first kappa shape index (κ1) is 10.2. The lowest BCUT2D eigenvalue weighted by Crippen LogP contribution is -2.10. The maximum Gasteiger partial charge on any atom is 0.341 e. The maximum atomic E-state index is 12.8. The zero-order valence-corrected chi connectivity index (χ0v) is 6.51. The van der Waals surface area contributed by atoms with E-state index in [1.54, 1.807) is 0 Å². The Morgan fingerprint density at radius 1 is 1.14 bits per heavy atom. The number of benzene rings is 1. The highest BCUT2D eigenvalue weighted by Crippen LogP contribution is 2.32. The maximum absolute atomic E-state index is 12.8. The van der Waals surface area contributed by atoms with Crippen molar-refractivity contribution in [2.24, 2.45) is 0 Å². The highest BCUT2D eigenvalue weighted by molar-refractivity contribution is 5.95. The molecule has 0 radical (unpaired) electrons. The number of halogens is 3. The molecule has 0 unspecified atom stereocenters. The molecule has 0 atom stereocenters. The predicted molar refractivity (Wildman–Crippen MR) is 39.4 cm³/mol. The van der Waals surface area contributed by atoms with Gasteiger partial charge in [-0.05, 0) is 0 Å². The van der Waals surface area contributed by atoms with Gasteiger partial charge in [0.15, 0.2) is 17.4 Å². The number of nitrogens with two attached hydrogens (primary N) is 1. The molecule has 7 heteroatoms. The van der Waals surface area contributed by atoms with Gasteiger partial charge < -0.3 is 15.9 Å². The monoisotopic (exact) mass is 207 g/mol. The summed E-state index contributed by atoms with van der Waals surface area (Å²) < 4.78 is 37.9. The lowest BCUT2D eigenvalue weighted by molar-refractivity contribution is 0.0691. The van der Waals surface area contributed by atoms with Crippen LogP contribution in [0.5, 0.6) is 5.75 Å². The Kier molecular flexibility index (Phi) is 2.24. The van der Waals surface area contributed by atoms with E-state index in [1.165, 1.54) is 0 Å². The third-order valence-corrected chi connectivity index (χ3v) is 1.55. The van der Waals surface area contributed by atoms with Gasteiger partial charge in [-0.15, -0.1) is 0 Å². The first-order chi connectivity index (χ1) is 6.37. The number of nitrogen functional groups attached to an aromatic ring is 1. The van der Waals surface area contributed by atoms with E-state index in [0.29, 0.717) is 0 Å². The average Bonchev–Trinajstić information content (AvgIpc) is 2.11. The minimum atomic E-state index is -2.07. The zero-order chi connectivity index (χ0) is 11.0. The molecule has 0 amide bonds. The van der Waals surface area contributed by atoms with Crippen LogP contribution < -0.4 is 5.73 Å². The second kappa shape index (κ2) is 3.09. The predicted octanol–water partition coefficient (Wildman–Crippen LogP) is 1.09. The van der Waals surface area contributed by atoms with Crippen molar-refractivity contribution in [3.05, 3.63) is 23.0 Å². The third kappa shape index (κ3) is 1.22. The van der Waals surface area contributed by atoms with Crippen LogP contribution in [0.4, 0.5) is 18.9 Å². The van der Waals surface area contributed by atoms with Crippen molar-refractivity contribution >= 4 is 11.7 Å². The smallest absolute Gasteiger partial charge is 0.341 e. The largest absolute Gasteiger partial charge is 0.503 e. The molecule has 0 aliphatic carbocycles. The number of carbonyl (C=O) groups is 1. The van der Waals surface area contributed by atoms with Gasteiger partial charge in [0, 0.05) is 0 Å². The molecule has 0 aromatic heterocycles. The van der Waals surface area contributed by atoms with Crippen molar-refractivity contribution < 1.29 is 28.2 Å². The molecule has 4 nitrogen and oxygen atoms in total. The summed E-state index contributed by atoms with van der Waals surface area (Å²) in [7, 11) is 0. The topological polar surface area (TPSA) is 83.5 Å². The van der Waals surface area contributed by atoms with E-state index in [2.05, 4.69) is 0 Å². The van der Waals surface area contributed by atoms with Crippen molar-refractivity contribution in [3.8, 4) is 5.75 Å². The minimum absolute atomic E-state index is 1.05. The molecule has 4 N–H and O–H groups in total. The molecule has 1 rings (SSSR count). The molecule has 0 spiro atoms. The fourth-order valence-electron chi connectivity index (χ4n) is 0.874. The Morgan fingerprint density at radius 3 is 2.07 bits per heavy atom. The second-order valence-corrected chi connectivity index (χ2v) is 2.38. The van der Waals surface area contributed by atoms with E-state index in [0.717, 1.165) is 0 Å². The van der Waals surface area contributed by atoms with Crippen LogP contribution in [0, 0.1) is 17.5 Å². The lowest BCUT2D eigenvalue weighted by Gasteiger charge is -2.06. The number of aromatic carboxylic acids is 1. The van der Waals surface area contributed by atoms with Gasteiger partial charge in [0.25, 0.3) is 0 Å². The lowest BCUT2D eigenvalue weighted by atomic mass is 10.1. The van der Waals surface area contributed by atoms with E-state index >= 15 is 0 Å². The van der Waals surface area contributed by atoms with Gasteiger partial charge >= 0.3 is 5.97 Å². The van der Waals surface area contributed by atoms with Crippen molar-refractivity contribution in [3.63, 3.8) is 0 Å². The first-order valence-corrected chi connectivity index (χ1v) is 3.26. The highest BCUT2D eigenvalue weighted by atomic mass is 19.2. The quantitative estimate of drug-likeness (QED) is 0.365. The SMILES string of the molecule is Nc1c(O)c(F)c(F)c(F)c1C(=O)O. The summed E-state index contributed by atoms with van der Waals surface area (Å²) in [4.78, 5) is 10.3. The summed E-state index contributed by atoms with van der Waals surface area (Å²) in [5.41, 5.74) is 2.54. The Morgan fingerprint density at radius 2 is 1.64 bits per heavy atom. The van der Waals surface area contributed by atoms with Crippen LogP contribution in [0.2, 0.25) is 0 Å². The minimum Gasteiger partial charge on any atom is -0.503 e. The first-order valence-electron chi connectivity index (χ1n) is 3.26. The van der Waals surface area contributed by atoms with Crippen LogP contribution in [0.15, 0.2) is 0 Å². The molecule has 0 saturated carbocycles. The Hall–Kier alpha value is -1.92. The molecule has 1 aromatic carbocycles. The van der Waals surface area contributed by atoms with E-state index in [1.807, 2.05) is 0 Å². The molecule has 1 aromatic rings. The highest BCUT2D eigenvalue weighted by Gasteiger charge is 2.26. The van der Waals surface area contributed by atoms with Crippen molar-refractivity contribution in [2.75, 3.05) is 5.73 Å². The van der Waals surface area contributed by atoms with Crippen molar-refractivity contribution in [1.82, 2.24) is 0 Å². The van der Waals surface area contributed by atoms with Crippen molar-refractivity contribution in [1.29, 1.82) is 0 Å². The van der Waals surface area contributed by atoms with E-state index < -0.39 is 40.4 Å². The summed E-state index contributed by atoms with van der Waals surface area (Å²) in [5.74, 6) is -9.24. The van der Waals surface area contributed by atoms with Gasteiger partial charge in [0.1, 0.15) is 5.56 Å². The van der Waals surface area contributed by atoms with Crippen LogP contribution in [-0.2, 0) is 0 Å². The standard InChI is InChI=1S/C7H4F3NO3/c8-2-1(7(13)14)5(11)6(12)4(10)3(2)9/h12H,11H2,(H,13,14). The van der Waals surface area contributed by atoms with E-state index in [4.69, 9.17) is 15.9 Å². The molecule has 0 fully saturated rings. The summed E-state index contributed by atoms with van der Waals surface area (Å²) in [6.07, 6.45) is 0. The number of phenols is 1. The van der Waals surface area contributed by atoms with Crippen LogP contribution in [0.1, 0.15) is 10.4 Å². The fourth-order valence-corrected chi connectivity index (χ4v) is 0.874. The number of hydrogen-bond donors (Lipinski definition) is 3. The number of hydrogen-bond acceptors (Lipinski definition) is 3. The third-order valence-electron chi connectivity index (χ3n) is 1.55. The summed E-state index contributed by atoms with van der Waals surface area (Å²) in [6.45, 7) is 0. The van der Waals surface area contributed by atoms with Gasteiger partial charge in [-0.2, -0.15) is 4.39 Å². The number of carboxylic acid groups (broad SMARTS) is 1. The molecule has 0 heterocycles. The molecule has 0 saturated heterocycles. The number of anilines is 1. The molecular weight excluding hydrogens is 203 g/mol. The van der Waals surface area contributed by atoms with Gasteiger partial charge in [-0.3, -0.25) is 0 Å². The van der Waals surface area contributed by atoms with Gasteiger partial charge in [-0.25, -0.2) is 13.6 Å².